The minimum Gasteiger partial charge on any atom is -0.489 e. The Morgan fingerprint density at radius 3 is 2.76 bits per heavy atom. The topological polar surface area (TPSA) is 87.2 Å². The van der Waals surface area contributed by atoms with E-state index in [0.717, 1.165) is 4.90 Å². The molecule has 2 heterocycles. The number of likely N-dealkylation sites (N-methyl/N-ethyl adjacent to an activating group) is 1. The molecule has 0 saturated carbocycles. The van der Waals surface area contributed by atoms with Crippen molar-refractivity contribution < 1.29 is 24.2 Å². The quantitative estimate of drug-likeness (QED) is 0.790. The summed E-state index contributed by atoms with van der Waals surface area (Å²) in [4.78, 5) is 37.9. The van der Waals surface area contributed by atoms with Crippen LogP contribution in [0.1, 0.15) is 16.8 Å². The maximum absolute atomic E-state index is 12.1. The Balaban J connectivity index is 2.02. The summed E-state index contributed by atoms with van der Waals surface area (Å²) in [7, 11) is 1.46. The van der Waals surface area contributed by atoms with Gasteiger partial charge in [0.25, 0.3) is 5.91 Å². The molecule has 0 radical (unpaired) electrons. The van der Waals surface area contributed by atoms with E-state index in [1.807, 2.05) is 0 Å². The van der Waals surface area contributed by atoms with Crippen molar-refractivity contribution in [3.05, 3.63) is 23.8 Å². The van der Waals surface area contributed by atoms with Gasteiger partial charge in [-0.25, -0.2) is 4.79 Å². The van der Waals surface area contributed by atoms with Crippen LogP contribution in [-0.4, -0.2) is 54.0 Å². The molecular formula is C14H14N2O5. The monoisotopic (exact) mass is 290 g/mol. The molecule has 2 amide bonds. The zero-order valence-corrected chi connectivity index (χ0v) is 11.4. The van der Waals surface area contributed by atoms with Crippen LogP contribution < -0.4 is 9.64 Å². The van der Waals surface area contributed by atoms with E-state index in [9.17, 15) is 19.5 Å². The molecule has 2 aliphatic rings. The average molecular weight is 290 g/mol. The van der Waals surface area contributed by atoms with Crippen LogP contribution in [0.4, 0.5) is 5.69 Å². The zero-order valence-electron chi connectivity index (χ0n) is 11.4. The van der Waals surface area contributed by atoms with Crippen LogP contribution in [0.25, 0.3) is 0 Å². The molecular weight excluding hydrogens is 276 g/mol. The van der Waals surface area contributed by atoms with E-state index in [1.165, 1.54) is 13.1 Å². The lowest BCUT2D eigenvalue weighted by Crippen LogP contribution is -2.45. The number of imide groups is 1. The van der Waals surface area contributed by atoms with Gasteiger partial charge in [0.05, 0.1) is 18.7 Å². The standard InChI is InChI=1S/C14H14N2O5/c1-15-11(17)7-10(13(15)18)16-5-6-21-12-8(14(19)20)3-2-4-9(12)16/h2-4,10H,5-7H2,1H3,(H,19,20). The lowest BCUT2D eigenvalue weighted by molar-refractivity contribution is -0.137. The van der Waals surface area contributed by atoms with Gasteiger partial charge in [0.1, 0.15) is 18.2 Å². The summed E-state index contributed by atoms with van der Waals surface area (Å²) in [6.07, 6.45) is 0.103. The van der Waals surface area contributed by atoms with E-state index in [4.69, 9.17) is 4.74 Å². The Bertz CT molecular complexity index is 642. The highest BCUT2D eigenvalue weighted by Crippen LogP contribution is 2.37. The predicted octanol–water partition coefficient (Wildman–Crippen LogP) is 0.341. The van der Waals surface area contributed by atoms with Crippen LogP contribution in [0, 0.1) is 0 Å². The first-order valence-corrected chi connectivity index (χ1v) is 6.57. The van der Waals surface area contributed by atoms with Crippen molar-refractivity contribution in [3.8, 4) is 5.75 Å². The van der Waals surface area contributed by atoms with Gasteiger partial charge in [-0.1, -0.05) is 6.07 Å². The summed E-state index contributed by atoms with van der Waals surface area (Å²) in [5, 5.41) is 9.20. The first-order chi connectivity index (χ1) is 10.0. The number of carboxylic acid groups (broad SMARTS) is 1. The van der Waals surface area contributed by atoms with Crippen molar-refractivity contribution in [2.45, 2.75) is 12.5 Å². The van der Waals surface area contributed by atoms with Crippen molar-refractivity contribution in [2.24, 2.45) is 0 Å². The summed E-state index contributed by atoms with van der Waals surface area (Å²) in [5.74, 6) is -1.33. The molecule has 0 aromatic heterocycles. The number of fused-ring (bicyclic) bond motifs is 1. The van der Waals surface area contributed by atoms with Crippen LogP contribution >= 0.6 is 0 Å². The first-order valence-electron chi connectivity index (χ1n) is 6.57. The number of anilines is 1. The second-order valence-electron chi connectivity index (χ2n) is 5.01. The molecule has 0 bridgehead atoms. The number of hydrogen-bond acceptors (Lipinski definition) is 5. The first kappa shape index (κ1) is 13.4. The molecule has 7 heteroatoms. The summed E-state index contributed by atoms with van der Waals surface area (Å²) in [5.41, 5.74) is 0.602. The fourth-order valence-electron chi connectivity index (χ4n) is 2.74. The van der Waals surface area contributed by atoms with E-state index in [-0.39, 0.29) is 36.2 Å². The molecule has 3 rings (SSSR count). The number of likely N-dealkylation sites (tertiary alicyclic amines) is 1. The summed E-state index contributed by atoms with van der Waals surface area (Å²) >= 11 is 0. The third kappa shape index (κ3) is 2.01. The van der Waals surface area contributed by atoms with Gasteiger partial charge in [0.15, 0.2) is 5.75 Å². The lowest BCUT2D eigenvalue weighted by Gasteiger charge is -2.34. The third-order valence-electron chi connectivity index (χ3n) is 3.85. The highest BCUT2D eigenvalue weighted by Gasteiger charge is 2.42. The number of ether oxygens (including phenoxy) is 1. The SMILES string of the molecule is CN1C(=O)CC(N2CCOc3c(C(=O)O)cccc32)C1=O. The number of para-hydroxylation sites is 1. The van der Waals surface area contributed by atoms with Crippen LogP contribution in [-0.2, 0) is 9.59 Å². The van der Waals surface area contributed by atoms with E-state index in [0.29, 0.717) is 12.2 Å². The normalized spacial score (nSPS) is 21.3. The molecule has 1 saturated heterocycles. The Hall–Kier alpha value is -2.57. The number of amides is 2. The van der Waals surface area contributed by atoms with E-state index < -0.39 is 12.0 Å². The van der Waals surface area contributed by atoms with Gasteiger partial charge in [-0.3, -0.25) is 14.5 Å². The Morgan fingerprint density at radius 1 is 1.38 bits per heavy atom. The third-order valence-corrected chi connectivity index (χ3v) is 3.85. The average Bonchev–Trinajstić information content (AvgIpc) is 2.73. The lowest BCUT2D eigenvalue weighted by atomic mass is 10.1. The van der Waals surface area contributed by atoms with Crippen molar-refractivity contribution in [1.29, 1.82) is 0 Å². The van der Waals surface area contributed by atoms with Gasteiger partial charge in [-0.15, -0.1) is 0 Å². The van der Waals surface area contributed by atoms with Crippen molar-refractivity contribution in [3.63, 3.8) is 0 Å². The number of nitrogens with zero attached hydrogens (tertiary/aromatic N) is 2. The predicted molar refractivity (Wildman–Crippen MR) is 72.4 cm³/mol. The zero-order chi connectivity index (χ0) is 15.1. The molecule has 110 valence electrons. The van der Waals surface area contributed by atoms with Crippen LogP contribution in [0.5, 0.6) is 5.75 Å². The van der Waals surface area contributed by atoms with Crippen LogP contribution in [0.3, 0.4) is 0 Å². The van der Waals surface area contributed by atoms with E-state index in [1.54, 1.807) is 17.0 Å². The Morgan fingerprint density at radius 2 is 2.14 bits per heavy atom. The molecule has 0 aliphatic carbocycles. The largest absolute Gasteiger partial charge is 0.489 e. The van der Waals surface area contributed by atoms with Crippen LogP contribution in [0.15, 0.2) is 18.2 Å². The molecule has 1 N–H and O–H groups in total. The molecule has 21 heavy (non-hydrogen) atoms. The second-order valence-corrected chi connectivity index (χ2v) is 5.01. The second kappa shape index (κ2) is 4.76. The van der Waals surface area contributed by atoms with Crippen molar-refractivity contribution >= 4 is 23.5 Å². The fraction of sp³-hybridized carbons (Fsp3) is 0.357. The number of rotatable bonds is 2. The van der Waals surface area contributed by atoms with Crippen molar-refractivity contribution in [1.82, 2.24) is 4.90 Å². The smallest absolute Gasteiger partial charge is 0.339 e. The molecule has 1 fully saturated rings. The number of hydrogen-bond donors (Lipinski definition) is 1. The highest BCUT2D eigenvalue weighted by molar-refractivity contribution is 6.07. The molecule has 2 aliphatic heterocycles. The van der Waals surface area contributed by atoms with Gasteiger partial charge in [0.2, 0.25) is 5.91 Å². The van der Waals surface area contributed by atoms with E-state index >= 15 is 0 Å². The summed E-state index contributed by atoms with van der Waals surface area (Å²) in [6.45, 7) is 0.715. The molecule has 1 aromatic rings. The highest BCUT2D eigenvalue weighted by atomic mass is 16.5. The van der Waals surface area contributed by atoms with Gasteiger partial charge >= 0.3 is 5.97 Å². The fourth-order valence-corrected chi connectivity index (χ4v) is 2.74. The number of carbonyl (C=O) groups is 3. The molecule has 1 atom stereocenters. The number of carboxylic acids is 1. The van der Waals surface area contributed by atoms with Gasteiger partial charge in [0, 0.05) is 7.05 Å². The van der Waals surface area contributed by atoms with E-state index in [2.05, 4.69) is 0 Å². The Kier molecular flexibility index (Phi) is 3.04. The number of benzene rings is 1. The maximum Gasteiger partial charge on any atom is 0.339 e. The molecule has 1 unspecified atom stereocenters. The summed E-state index contributed by atoms with van der Waals surface area (Å²) < 4.78 is 5.46. The number of carbonyl (C=O) groups excluding carboxylic acids is 2. The summed E-state index contributed by atoms with van der Waals surface area (Å²) in [6, 6.07) is 4.18. The van der Waals surface area contributed by atoms with Gasteiger partial charge in [-0.2, -0.15) is 0 Å². The molecule has 1 aromatic carbocycles. The van der Waals surface area contributed by atoms with Gasteiger partial charge in [-0.05, 0) is 12.1 Å². The van der Waals surface area contributed by atoms with Crippen molar-refractivity contribution in [2.75, 3.05) is 25.1 Å². The number of aromatic carboxylic acids is 1. The Labute approximate surface area is 120 Å². The minimum absolute atomic E-state index is 0.0577. The van der Waals surface area contributed by atoms with Crippen LogP contribution in [0.2, 0.25) is 0 Å². The maximum atomic E-state index is 12.1. The van der Waals surface area contributed by atoms with Gasteiger partial charge < -0.3 is 14.7 Å². The molecule has 7 nitrogen and oxygen atoms in total. The minimum atomic E-state index is -1.08. The molecule has 0 spiro atoms.